The monoisotopic (exact) mass is 348 g/mol. The maximum absolute atomic E-state index is 11.1. The summed E-state index contributed by atoms with van der Waals surface area (Å²) in [6.07, 6.45) is 7.06. The van der Waals surface area contributed by atoms with Crippen LogP contribution in [0, 0.1) is 17.8 Å². The molecule has 2 atom stereocenters. The van der Waals surface area contributed by atoms with Gasteiger partial charge in [-0.2, -0.15) is 0 Å². The second kappa shape index (κ2) is 5.76. The van der Waals surface area contributed by atoms with E-state index in [1.54, 1.807) is 30.9 Å². The zero-order valence-corrected chi connectivity index (χ0v) is 14.4. The number of phosphoric acid groups is 1. The van der Waals surface area contributed by atoms with Crippen molar-refractivity contribution in [2.24, 2.45) is 17.8 Å². The van der Waals surface area contributed by atoms with Crippen molar-refractivity contribution in [2.75, 3.05) is 7.11 Å². The summed E-state index contributed by atoms with van der Waals surface area (Å²) in [6, 6.07) is 6.83. The van der Waals surface area contributed by atoms with Crippen LogP contribution in [-0.2, 0) is 9.30 Å². The highest BCUT2D eigenvalue weighted by molar-refractivity contribution is 7.46. The summed E-state index contributed by atoms with van der Waals surface area (Å²) < 4.78 is 21.6. The van der Waals surface area contributed by atoms with Gasteiger partial charge in [0.2, 0.25) is 0 Å². The highest BCUT2D eigenvalue weighted by Crippen LogP contribution is 2.55. The molecule has 1 aromatic rings. The fourth-order valence-corrected chi connectivity index (χ4v) is 5.12. The van der Waals surface area contributed by atoms with Crippen molar-refractivity contribution in [2.45, 2.75) is 25.7 Å². The molecule has 128 valence electrons. The Labute approximate surface area is 141 Å². The highest BCUT2D eigenvalue weighted by Gasteiger charge is 2.42. The third-order valence-electron chi connectivity index (χ3n) is 5.33. The van der Waals surface area contributed by atoms with E-state index in [-0.39, 0.29) is 5.75 Å². The van der Waals surface area contributed by atoms with E-state index in [1.165, 1.54) is 18.4 Å². The summed E-state index contributed by atoms with van der Waals surface area (Å²) in [5, 5.41) is 0. The number of allylic oxidation sites excluding steroid dienone is 3. The van der Waals surface area contributed by atoms with Gasteiger partial charge < -0.3 is 9.26 Å². The Hall–Kier alpha value is -1.55. The Morgan fingerprint density at radius 2 is 1.92 bits per heavy atom. The third-order valence-corrected chi connectivity index (χ3v) is 5.78. The smallest absolute Gasteiger partial charge is 0.496 e. The normalized spacial score (nSPS) is 27.9. The van der Waals surface area contributed by atoms with Gasteiger partial charge in [-0.3, -0.25) is 9.79 Å². The lowest BCUT2D eigenvalue weighted by atomic mass is 9.58. The number of benzene rings is 1. The molecular formula is C18H21O5P. The average Bonchev–Trinajstić information content (AvgIpc) is 2.48. The molecule has 0 aliphatic heterocycles. The van der Waals surface area contributed by atoms with E-state index < -0.39 is 7.82 Å². The summed E-state index contributed by atoms with van der Waals surface area (Å²) in [7, 11) is -2.89. The summed E-state index contributed by atoms with van der Waals surface area (Å²) >= 11 is 0. The minimum absolute atomic E-state index is 0.155. The molecule has 4 bridgehead atoms. The van der Waals surface area contributed by atoms with Crippen molar-refractivity contribution < 1.29 is 23.6 Å². The van der Waals surface area contributed by atoms with Gasteiger partial charge in [-0.25, -0.2) is 4.57 Å². The van der Waals surface area contributed by atoms with E-state index in [2.05, 4.69) is 6.08 Å². The number of ether oxygens (including phenoxy) is 1. The van der Waals surface area contributed by atoms with Gasteiger partial charge in [0.1, 0.15) is 11.5 Å². The molecule has 4 aliphatic rings. The standard InChI is InChI=1S/C18H21O5P/c1-22-18(13-3-2-4-16(10-13)23-24(19,20)21)17-14-6-11-5-12(8-14)9-15(17)7-11/h2-5,10-11,14-15H,6-9H2,1H3,(H2,19,20,21). The van der Waals surface area contributed by atoms with Gasteiger partial charge in [0, 0.05) is 5.56 Å². The number of rotatable bonds is 4. The Morgan fingerprint density at radius 1 is 1.21 bits per heavy atom. The van der Waals surface area contributed by atoms with Gasteiger partial charge >= 0.3 is 7.82 Å². The van der Waals surface area contributed by atoms with Crippen molar-refractivity contribution in [3.63, 3.8) is 0 Å². The maximum atomic E-state index is 11.1. The highest BCUT2D eigenvalue weighted by atomic mass is 31.2. The number of hydrogen-bond donors (Lipinski definition) is 2. The molecule has 1 aromatic carbocycles. The van der Waals surface area contributed by atoms with E-state index in [1.807, 2.05) is 6.07 Å². The molecule has 2 N–H and O–H groups in total. The Bertz CT molecular complexity index is 755. The van der Waals surface area contributed by atoms with Gasteiger partial charge in [-0.05, 0) is 61.1 Å². The van der Waals surface area contributed by atoms with Crippen LogP contribution in [0.15, 0.2) is 41.5 Å². The first kappa shape index (κ1) is 15.9. The first-order valence-electron chi connectivity index (χ1n) is 8.26. The zero-order valence-electron chi connectivity index (χ0n) is 13.5. The average molecular weight is 348 g/mol. The predicted molar refractivity (Wildman–Crippen MR) is 90.1 cm³/mol. The Morgan fingerprint density at radius 3 is 2.50 bits per heavy atom. The molecule has 5 rings (SSSR count). The van der Waals surface area contributed by atoms with E-state index in [0.29, 0.717) is 17.8 Å². The lowest BCUT2D eigenvalue weighted by molar-refractivity contribution is 0.234. The third kappa shape index (κ3) is 2.92. The first-order valence-corrected chi connectivity index (χ1v) is 9.79. The SMILES string of the molecule is COC(=C1C2CC3=CC(C2)CC1C3)c1cccc(OP(=O)(O)O)c1. The fourth-order valence-electron chi connectivity index (χ4n) is 4.73. The lowest BCUT2D eigenvalue weighted by Gasteiger charge is -2.47. The molecule has 24 heavy (non-hydrogen) atoms. The molecule has 0 aromatic heterocycles. The van der Waals surface area contributed by atoms with Crippen molar-refractivity contribution in [3.05, 3.63) is 47.1 Å². The van der Waals surface area contributed by atoms with Crippen molar-refractivity contribution in [1.29, 1.82) is 0 Å². The van der Waals surface area contributed by atoms with Gasteiger partial charge in [-0.15, -0.1) is 0 Å². The minimum Gasteiger partial charge on any atom is -0.496 e. The molecule has 5 nitrogen and oxygen atoms in total. The second-order valence-corrected chi connectivity index (χ2v) is 8.12. The molecule has 2 saturated carbocycles. The van der Waals surface area contributed by atoms with Crippen LogP contribution in [0.5, 0.6) is 5.75 Å². The second-order valence-electron chi connectivity index (χ2n) is 6.96. The van der Waals surface area contributed by atoms with Crippen molar-refractivity contribution in [3.8, 4) is 5.75 Å². The van der Waals surface area contributed by atoms with Crippen molar-refractivity contribution in [1.82, 2.24) is 0 Å². The van der Waals surface area contributed by atoms with Crippen LogP contribution in [0.3, 0.4) is 0 Å². The molecule has 4 aliphatic carbocycles. The van der Waals surface area contributed by atoms with E-state index >= 15 is 0 Å². The van der Waals surface area contributed by atoms with Crippen LogP contribution in [0.2, 0.25) is 0 Å². The minimum atomic E-state index is -4.56. The zero-order chi connectivity index (χ0) is 16.9. The van der Waals surface area contributed by atoms with Crippen LogP contribution in [0.1, 0.15) is 31.2 Å². The van der Waals surface area contributed by atoms with E-state index in [9.17, 15) is 4.57 Å². The molecular weight excluding hydrogens is 327 g/mol. The predicted octanol–water partition coefficient (Wildman–Crippen LogP) is 3.89. The van der Waals surface area contributed by atoms with E-state index in [0.717, 1.165) is 24.2 Å². The van der Waals surface area contributed by atoms with Crippen LogP contribution < -0.4 is 4.52 Å². The summed E-state index contributed by atoms with van der Waals surface area (Å²) in [4.78, 5) is 18.0. The van der Waals surface area contributed by atoms with Crippen LogP contribution in [-0.4, -0.2) is 16.9 Å². The van der Waals surface area contributed by atoms with Crippen LogP contribution >= 0.6 is 7.82 Å². The quantitative estimate of drug-likeness (QED) is 0.490. The topological polar surface area (TPSA) is 76.0 Å². The number of phosphoric ester groups is 1. The number of hydrogen-bond acceptors (Lipinski definition) is 3. The number of methoxy groups -OCH3 is 1. The molecule has 0 radical (unpaired) electrons. The summed E-state index contributed by atoms with van der Waals surface area (Å²) in [5.41, 5.74) is 3.78. The largest absolute Gasteiger partial charge is 0.524 e. The maximum Gasteiger partial charge on any atom is 0.524 e. The van der Waals surface area contributed by atoms with Crippen LogP contribution in [0.4, 0.5) is 0 Å². The summed E-state index contributed by atoms with van der Waals surface area (Å²) in [6.45, 7) is 0. The van der Waals surface area contributed by atoms with Crippen molar-refractivity contribution >= 4 is 13.6 Å². The van der Waals surface area contributed by atoms with Gasteiger partial charge in [-0.1, -0.05) is 23.8 Å². The Kier molecular flexibility index (Phi) is 3.83. The van der Waals surface area contributed by atoms with Gasteiger partial charge in [0.15, 0.2) is 0 Å². The van der Waals surface area contributed by atoms with Gasteiger partial charge in [0.25, 0.3) is 0 Å². The molecule has 6 heteroatoms. The molecule has 0 saturated heterocycles. The first-order chi connectivity index (χ1) is 11.4. The molecule has 2 unspecified atom stereocenters. The molecule has 0 spiro atoms. The molecule has 0 amide bonds. The Balaban J connectivity index is 1.73. The van der Waals surface area contributed by atoms with Crippen LogP contribution in [0.25, 0.3) is 5.76 Å². The molecule has 2 fully saturated rings. The molecule has 0 heterocycles. The fraction of sp³-hybridized carbons (Fsp3) is 0.444. The van der Waals surface area contributed by atoms with E-state index in [4.69, 9.17) is 19.0 Å². The van der Waals surface area contributed by atoms with Gasteiger partial charge in [0.05, 0.1) is 7.11 Å². The lowest BCUT2D eigenvalue weighted by Crippen LogP contribution is -2.35. The summed E-state index contributed by atoms with van der Waals surface area (Å²) in [5.74, 6) is 2.78.